The van der Waals surface area contributed by atoms with Gasteiger partial charge in [0, 0.05) is 23.6 Å². The second-order valence-electron chi connectivity index (χ2n) is 10.4. The van der Waals surface area contributed by atoms with Crippen molar-refractivity contribution in [2.24, 2.45) is 5.41 Å². The summed E-state index contributed by atoms with van der Waals surface area (Å²) in [5.74, 6) is -2.63. The van der Waals surface area contributed by atoms with Crippen LogP contribution in [-0.4, -0.2) is 60.2 Å². The number of halogens is 6. The molecule has 17 heteroatoms. The Bertz CT molecular complexity index is 1390. The van der Waals surface area contributed by atoms with E-state index in [2.05, 4.69) is 25.7 Å². The number of hydrogen-bond acceptors (Lipinski definition) is 7. The number of aromatic amines is 1. The van der Waals surface area contributed by atoms with Gasteiger partial charge in [-0.05, 0) is 31.0 Å². The maximum Gasteiger partial charge on any atom is 0.416 e. The molecule has 2 atom stereocenters. The van der Waals surface area contributed by atoms with Crippen LogP contribution in [0.15, 0.2) is 34.9 Å². The van der Waals surface area contributed by atoms with Crippen LogP contribution in [0.4, 0.5) is 37.0 Å². The smallest absolute Gasteiger partial charge is 0.416 e. The fourth-order valence-corrected chi connectivity index (χ4v) is 5.16. The number of hydrogen-bond donors (Lipinski definition) is 4. The number of anilines is 1. The highest BCUT2D eigenvalue weighted by atomic mass is 19.4. The standard InChI is InChI=1S/C26H30F6N6O5/c1-5-8-23(3,4)24(38(10-6-2)22(41)42,18(39)19(40)34-17-7-9-33-35-17)21-37-36-20(43-21)14-11-15(25(27,28)29)13-16(12-14)26(30,31)32/h7,9,11-13,18,39H,5-6,8,10H2,1-4H3,(H,41,42)(H2,33,34,35,40)/t18-,24+/m1/s1. The Morgan fingerprint density at radius 3 is 2.09 bits per heavy atom. The summed E-state index contributed by atoms with van der Waals surface area (Å²) < 4.78 is 86.8. The summed E-state index contributed by atoms with van der Waals surface area (Å²) in [6.45, 7) is 6.12. The van der Waals surface area contributed by atoms with E-state index in [1.54, 1.807) is 13.8 Å². The number of nitrogens with zero attached hydrogens (tertiary/aromatic N) is 4. The van der Waals surface area contributed by atoms with Gasteiger partial charge < -0.3 is 19.9 Å². The van der Waals surface area contributed by atoms with Crippen LogP contribution in [-0.2, 0) is 22.7 Å². The summed E-state index contributed by atoms with van der Waals surface area (Å²) in [4.78, 5) is 26.9. The molecule has 11 nitrogen and oxygen atoms in total. The second kappa shape index (κ2) is 12.2. The molecule has 0 radical (unpaired) electrons. The first-order valence-corrected chi connectivity index (χ1v) is 13.0. The number of H-pyrrole nitrogens is 1. The normalized spacial score (nSPS) is 14.7. The van der Waals surface area contributed by atoms with E-state index in [4.69, 9.17) is 4.42 Å². The maximum atomic E-state index is 13.5. The van der Waals surface area contributed by atoms with Crippen molar-refractivity contribution in [2.45, 2.75) is 71.0 Å². The molecule has 0 aliphatic heterocycles. The lowest BCUT2D eigenvalue weighted by Crippen LogP contribution is -2.66. The number of aliphatic hydroxyl groups excluding tert-OH is 1. The number of benzene rings is 1. The molecule has 43 heavy (non-hydrogen) atoms. The summed E-state index contributed by atoms with van der Waals surface area (Å²) in [5.41, 5.74) is -7.83. The van der Waals surface area contributed by atoms with Crippen molar-refractivity contribution in [3.8, 4) is 11.5 Å². The van der Waals surface area contributed by atoms with E-state index >= 15 is 0 Å². The Morgan fingerprint density at radius 1 is 1.02 bits per heavy atom. The first kappa shape index (κ1) is 33.4. The summed E-state index contributed by atoms with van der Waals surface area (Å²) in [6, 6.07) is 2.01. The zero-order valence-corrected chi connectivity index (χ0v) is 23.5. The molecule has 1 aromatic carbocycles. The Morgan fingerprint density at radius 2 is 1.63 bits per heavy atom. The average Bonchev–Trinajstić information content (AvgIpc) is 3.60. The van der Waals surface area contributed by atoms with Crippen LogP contribution in [0, 0.1) is 5.41 Å². The molecule has 2 amide bonds. The summed E-state index contributed by atoms with van der Waals surface area (Å²) in [5, 5.41) is 38.0. The predicted molar refractivity (Wildman–Crippen MR) is 138 cm³/mol. The van der Waals surface area contributed by atoms with E-state index < -0.39 is 69.9 Å². The molecular formula is C26H30F6N6O5. The van der Waals surface area contributed by atoms with Crippen molar-refractivity contribution in [3.63, 3.8) is 0 Å². The zero-order chi connectivity index (χ0) is 32.4. The Hall–Kier alpha value is -4.15. The minimum atomic E-state index is -5.17. The van der Waals surface area contributed by atoms with Crippen LogP contribution in [0.3, 0.4) is 0 Å². The maximum absolute atomic E-state index is 13.5. The molecule has 4 N–H and O–H groups in total. The molecule has 3 rings (SSSR count). The minimum absolute atomic E-state index is 0.0403. The molecule has 2 aromatic heterocycles. The number of amides is 2. The molecule has 0 unspecified atom stereocenters. The highest BCUT2D eigenvalue weighted by Gasteiger charge is 2.63. The first-order valence-electron chi connectivity index (χ1n) is 13.0. The lowest BCUT2D eigenvalue weighted by molar-refractivity contribution is -0.150. The number of aromatic nitrogens is 4. The molecule has 0 aliphatic rings. The molecule has 0 saturated carbocycles. The van der Waals surface area contributed by atoms with Crippen LogP contribution < -0.4 is 5.32 Å². The highest BCUT2D eigenvalue weighted by Crippen LogP contribution is 2.51. The van der Waals surface area contributed by atoms with Gasteiger partial charge in [0.2, 0.25) is 11.8 Å². The Labute approximate surface area is 241 Å². The van der Waals surface area contributed by atoms with Crippen molar-refractivity contribution < 1.29 is 50.6 Å². The van der Waals surface area contributed by atoms with Crippen LogP contribution >= 0.6 is 0 Å². The Balaban J connectivity index is 2.34. The van der Waals surface area contributed by atoms with Crippen molar-refractivity contribution >= 4 is 17.8 Å². The molecule has 0 bridgehead atoms. The topological polar surface area (TPSA) is 157 Å². The molecular weight excluding hydrogens is 590 g/mol. The number of carboxylic acid groups (broad SMARTS) is 1. The molecule has 0 aliphatic carbocycles. The van der Waals surface area contributed by atoms with Gasteiger partial charge in [0.05, 0.1) is 17.3 Å². The van der Waals surface area contributed by atoms with Crippen LogP contribution in [0.2, 0.25) is 0 Å². The predicted octanol–water partition coefficient (Wildman–Crippen LogP) is 5.91. The number of alkyl halides is 6. The van der Waals surface area contributed by atoms with Gasteiger partial charge in [-0.1, -0.05) is 34.1 Å². The van der Waals surface area contributed by atoms with Gasteiger partial charge >= 0.3 is 18.4 Å². The number of carbonyl (C=O) groups is 2. The summed E-state index contributed by atoms with van der Waals surface area (Å²) in [7, 11) is 0. The van der Waals surface area contributed by atoms with Gasteiger partial charge in [0.25, 0.3) is 5.91 Å². The molecule has 0 saturated heterocycles. The minimum Gasteiger partial charge on any atom is -0.465 e. The number of carbonyl (C=O) groups excluding carboxylic acids is 1. The van der Waals surface area contributed by atoms with E-state index in [9.17, 15) is 46.1 Å². The fourth-order valence-electron chi connectivity index (χ4n) is 5.16. The fraction of sp³-hybridized carbons (Fsp3) is 0.500. The average molecular weight is 621 g/mol. The van der Waals surface area contributed by atoms with Crippen molar-refractivity contribution in [1.29, 1.82) is 0 Å². The second-order valence-corrected chi connectivity index (χ2v) is 10.4. The first-order chi connectivity index (χ1) is 19.9. The van der Waals surface area contributed by atoms with Crippen molar-refractivity contribution in [3.05, 3.63) is 47.5 Å². The molecule has 0 spiro atoms. The third-order valence-corrected chi connectivity index (χ3v) is 7.00. The van der Waals surface area contributed by atoms with E-state index in [1.165, 1.54) is 26.1 Å². The lowest BCUT2D eigenvalue weighted by atomic mass is 9.64. The van der Waals surface area contributed by atoms with Crippen LogP contribution in [0.25, 0.3) is 11.5 Å². The van der Waals surface area contributed by atoms with Crippen LogP contribution in [0.5, 0.6) is 0 Å². The third-order valence-electron chi connectivity index (χ3n) is 7.00. The van der Waals surface area contributed by atoms with E-state index in [0.29, 0.717) is 18.6 Å². The quantitative estimate of drug-likeness (QED) is 0.193. The lowest BCUT2D eigenvalue weighted by Gasteiger charge is -2.51. The van der Waals surface area contributed by atoms with Crippen molar-refractivity contribution in [2.75, 3.05) is 11.9 Å². The van der Waals surface area contributed by atoms with Gasteiger partial charge in [-0.3, -0.25) is 14.8 Å². The molecule has 3 aromatic rings. The number of aliphatic hydroxyl groups is 1. The summed E-state index contributed by atoms with van der Waals surface area (Å²) in [6.07, 6.45) is -12.2. The monoisotopic (exact) mass is 620 g/mol. The molecule has 2 heterocycles. The SMILES string of the molecule is CCCN(C(=O)O)[C@](c1nnc(-c2cc(C(F)(F)F)cc(C(F)(F)F)c2)o1)([C@H](O)C(=O)Nc1ccn[nH]1)C(C)(C)CCC. The van der Waals surface area contributed by atoms with Crippen molar-refractivity contribution in [1.82, 2.24) is 25.3 Å². The Kier molecular flexibility index (Phi) is 9.48. The molecule has 0 fully saturated rings. The number of rotatable bonds is 11. The largest absolute Gasteiger partial charge is 0.465 e. The zero-order valence-electron chi connectivity index (χ0n) is 23.5. The van der Waals surface area contributed by atoms with E-state index in [-0.39, 0.29) is 31.3 Å². The van der Waals surface area contributed by atoms with Gasteiger partial charge in [-0.25, -0.2) is 4.79 Å². The third kappa shape index (κ3) is 6.60. The van der Waals surface area contributed by atoms with Gasteiger partial charge in [0.1, 0.15) is 5.82 Å². The van der Waals surface area contributed by atoms with E-state index in [1.807, 2.05) is 0 Å². The van der Waals surface area contributed by atoms with Gasteiger partial charge in [0.15, 0.2) is 11.6 Å². The molecule has 236 valence electrons. The van der Waals surface area contributed by atoms with Gasteiger partial charge in [-0.2, -0.15) is 31.4 Å². The van der Waals surface area contributed by atoms with Crippen LogP contribution in [0.1, 0.15) is 64.0 Å². The highest BCUT2D eigenvalue weighted by molar-refractivity contribution is 5.94. The van der Waals surface area contributed by atoms with Gasteiger partial charge in [-0.15, -0.1) is 10.2 Å². The number of nitrogens with one attached hydrogen (secondary N) is 2. The van der Waals surface area contributed by atoms with E-state index in [0.717, 1.165) is 4.90 Å². The summed E-state index contributed by atoms with van der Waals surface area (Å²) >= 11 is 0.